The van der Waals surface area contributed by atoms with Crippen molar-refractivity contribution in [1.29, 1.82) is 0 Å². The van der Waals surface area contributed by atoms with Gasteiger partial charge in [-0.15, -0.1) is 0 Å². The van der Waals surface area contributed by atoms with E-state index in [1.54, 1.807) is 0 Å². The van der Waals surface area contributed by atoms with Gasteiger partial charge in [0, 0.05) is 19.0 Å². The number of ether oxygens (including phenoxy) is 1. The molecule has 0 radical (unpaired) electrons. The summed E-state index contributed by atoms with van der Waals surface area (Å²) >= 11 is 0. The van der Waals surface area contributed by atoms with E-state index in [9.17, 15) is 4.79 Å². The Labute approximate surface area is 119 Å². The number of hydrogen-bond acceptors (Lipinski definition) is 5. The highest BCUT2D eigenvalue weighted by Crippen LogP contribution is 2.23. The first kappa shape index (κ1) is 14.8. The number of carbonyl (C=O) groups is 1. The zero-order chi connectivity index (χ0) is 14.7. The van der Waals surface area contributed by atoms with Gasteiger partial charge in [0.1, 0.15) is 11.6 Å². The summed E-state index contributed by atoms with van der Waals surface area (Å²) in [5, 5.41) is 0. The smallest absolute Gasteiger partial charge is 0.360 e. The Hall–Kier alpha value is -1.56. The third-order valence-electron chi connectivity index (χ3n) is 3.88. The molecule has 0 aromatic carbocycles. The van der Waals surface area contributed by atoms with Crippen LogP contribution >= 0.6 is 0 Å². The number of anilines is 1. The molecule has 0 saturated carbocycles. The minimum atomic E-state index is -0.468. The quantitative estimate of drug-likeness (QED) is 0.827. The SMILES string of the molecule is CCc1nc(C(=O)OC)c(N)n1C(C)CN1CCCC1. The summed E-state index contributed by atoms with van der Waals surface area (Å²) in [4.78, 5) is 18.5. The summed E-state index contributed by atoms with van der Waals surface area (Å²) in [6.45, 7) is 7.36. The predicted molar refractivity (Wildman–Crippen MR) is 77.7 cm³/mol. The Kier molecular flexibility index (Phi) is 4.65. The lowest BCUT2D eigenvalue weighted by atomic mass is 10.3. The molecule has 0 aliphatic carbocycles. The molecule has 1 fully saturated rings. The van der Waals surface area contributed by atoms with Crippen LogP contribution in [0.25, 0.3) is 0 Å². The van der Waals surface area contributed by atoms with Crippen molar-refractivity contribution < 1.29 is 9.53 Å². The normalized spacial score (nSPS) is 17.4. The van der Waals surface area contributed by atoms with Gasteiger partial charge in [0.05, 0.1) is 7.11 Å². The lowest BCUT2D eigenvalue weighted by molar-refractivity contribution is 0.0595. The van der Waals surface area contributed by atoms with Gasteiger partial charge in [-0.1, -0.05) is 6.92 Å². The number of rotatable bonds is 5. The van der Waals surface area contributed by atoms with E-state index in [-0.39, 0.29) is 11.7 Å². The molecule has 1 aliphatic heterocycles. The number of aromatic nitrogens is 2. The van der Waals surface area contributed by atoms with Gasteiger partial charge in [0.25, 0.3) is 0 Å². The molecule has 2 rings (SSSR count). The van der Waals surface area contributed by atoms with Crippen LogP contribution in [0.2, 0.25) is 0 Å². The second kappa shape index (κ2) is 6.26. The Bertz CT molecular complexity index is 478. The van der Waals surface area contributed by atoms with Gasteiger partial charge < -0.3 is 19.9 Å². The molecule has 20 heavy (non-hydrogen) atoms. The van der Waals surface area contributed by atoms with Crippen LogP contribution < -0.4 is 5.73 Å². The molecule has 2 N–H and O–H groups in total. The van der Waals surface area contributed by atoms with Gasteiger partial charge in [0.2, 0.25) is 0 Å². The highest BCUT2D eigenvalue weighted by atomic mass is 16.5. The molecule has 1 unspecified atom stereocenters. The maximum absolute atomic E-state index is 11.7. The number of nitrogens with zero attached hydrogens (tertiary/aromatic N) is 3. The fourth-order valence-electron chi connectivity index (χ4n) is 2.90. The predicted octanol–water partition coefficient (Wildman–Crippen LogP) is 1.47. The number of imidazole rings is 1. The minimum Gasteiger partial charge on any atom is -0.464 e. The van der Waals surface area contributed by atoms with E-state index in [4.69, 9.17) is 10.5 Å². The third kappa shape index (κ3) is 2.80. The van der Waals surface area contributed by atoms with Gasteiger partial charge in [-0.25, -0.2) is 9.78 Å². The molecule has 1 atom stereocenters. The van der Waals surface area contributed by atoms with Crippen LogP contribution in [0.1, 0.15) is 49.0 Å². The Morgan fingerprint density at radius 2 is 2.10 bits per heavy atom. The number of hydrogen-bond donors (Lipinski definition) is 1. The molecule has 2 heterocycles. The molecule has 6 nitrogen and oxygen atoms in total. The first-order chi connectivity index (χ1) is 9.58. The monoisotopic (exact) mass is 280 g/mol. The van der Waals surface area contributed by atoms with Crippen LogP contribution in [-0.2, 0) is 11.2 Å². The van der Waals surface area contributed by atoms with E-state index >= 15 is 0 Å². The summed E-state index contributed by atoms with van der Waals surface area (Å²) in [5.74, 6) is 0.791. The molecule has 112 valence electrons. The summed E-state index contributed by atoms with van der Waals surface area (Å²) < 4.78 is 6.71. The number of nitrogen functional groups attached to an aromatic ring is 1. The second-order valence-corrected chi connectivity index (χ2v) is 5.33. The average Bonchev–Trinajstić information content (AvgIpc) is 3.05. The molecule has 0 amide bonds. The number of nitrogens with two attached hydrogens (primary N) is 1. The van der Waals surface area contributed by atoms with E-state index in [2.05, 4.69) is 16.8 Å². The van der Waals surface area contributed by atoms with E-state index in [1.165, 1.54) is 20.0 Å². The van der Waals surface area contributed by atoms with Gasteiger partial charge >= 0.3 is 5.97 Å². The first-order valence-corrected chi connectivity index (χ1v) is 7.25. The van der Waals surface area contributed by atoms with Crippen molar-refractivity contribution in [3.8, 4) is 0 Å². The lowest BCUT2D eigenvalue weighted by Crippen LogP contribution is -2.28. The van der Waals surface area contributed by atoms with Crippen molar-refractivity contribution in [1.82, 2.24) is 14.5 Å². The molecule has 1 aliphatic rings. The molecular formula is C14H24N4O2. The summed E-state index contributed by atoms with van der Waals surface area (Å²) in [7, 11) is 1.35. The molecule has 1 saturated heterocycles. The first-order valence-electron chi connectivity index (χ1n) is 7.25. The maximum atomic E-state index is 11.7. The van der Waals surface area contributed by atoms with Crippen molar-refractivity contribution >= 4 is 11.8 Å². The Morgan fingerprint density at radius 3 is 2.65 bits per heavy atom. The van der Waals surface area contributed by atoms with Gasteiger partial charge in [-0.3, -0.25) is 0 Å². The zero-order valence-electron chi connectivity index (χ0n) is 12.6. The largest absolute Gasteiger partial charge is 0.464 e. The van der Waals surface area contributed by atoms with Crippen molar-refractivity contribution in [3.05, 3.63) is 11.5 Å². The van der Waals surface area contributed by atoms with E-state index in [0.717, 1.165) is 31.9 Å². The summed E-state index contributed by atoms with van der Waals surface area (Å²) in [6.07, 6.45) is 3.27. The van der Waals surface area contributed by atoms with Crippen LogP contribution in [0.5, 0.6) is 0 Å². The van der Waals surface area contributed by atoms with E-state index in [0.29, 0.717) is 5.82 Å². The summed E-state index contributed by atoms with van der Waals surface area (Å²) in [6, 6.07) is 0.203. The fourth-order valence-corrected chi connectivity index (χ4v) is 2.90. The standard InChI is InChI=1S/C14H24N4O2/c1-4-11-16-12(14(19)20-3)13(15)18(11)10(2)9-17-7-5-6-8-17/h10H,4-9,15H2,1-3H3. The van der Waals surface area contributed by atoms with Crippen LogP contribution in [-0.4, -0.2) is 47.2 Å². The minimum absolute atomic E-state index is 0.203. The molecule has 1 aromatic heterocycles. The van der Waals surface area contributed by atoms with Crippen molar-refractivity contribution in [3.63, 3.8) is 0 Å². The van der Waals surface area contributed by atoms with Crippen molar-refractivity contribution in [2.24, 2.45) is 0 Å². The summed E-state index contributed by atoms with van der Waals surface area (Å²) in [5.41, 5.74) is 6.35. The topological polar surface area (TPSA) is 73.4 Å². The van der Waals surface area contributed by atoms with E-state index < -0.39 is 5.97 Å². The third-order valence-corrected chi connectivity index (χ3v) is 3.88. The Morgan fingerprint density at radius 1 is 1.45 bits per heavy atom. The maximum Gasteiger partial charge on any atom is 0.360 e. The van der Waals surface area contributed by atoms with Crippen LogP contribution in [0.15, 0.2) is 0 Å². The van der Waals surface area contributed by atoms with Crippen LogP contribution in [0.4, 0.5) is 5.82 Å². The highest BCUT2D eigenvalue weighted by Gasteiger charge is 2.24. The second-order valence-electron chi connectivity index (χ2n) is 5.33. The number of carbonyl (C=O) groups excluding carboxylic acids is 1. The molecular weight excluding hydrogens is 256 g/mol. The zero-order valence-corrected chi connectivity index (χ0v) is 12.6. The average molecular weight is 280 g/mol. The van der Waals surface area contributed by atoms with Crippen LogP contribution in [0, 0.1) is 0 Å². The molecule has 0 bridgehead atoms. The number of methoxy groups -OCH3 is 1. The lowest BCUT2D eigenvalue weighted by Gasteiger charge is -2.23. The highest BCUT2D eigenvalue weighted by molar-refractivity contribution is 5.92. The van der Waals surface area contributed by atoms with E-state index in [1.807, 2.05) is 11.5 Å². The number of esters is 1. The molecule has 0 spiro atoms. The molecule has 1 aromatic rings. The van der Waals surface area contributed by atoms with Gasteiger partial charge in [0.15, 0.2) is 5.69 Å². The van der Waals surface area contributed by atoms with Crippen LogP contribution in [0.3, 0.4) is 0 Å². The number of likely N-dealkylation sites (tertiary alicyclic amines) is 1. The Balaban J connectivity index is 2.24. The van der Waals surface area contributed by atoms with Gasteiger partial charge in [-0.2, -0.15) is 0 Å². The van der Waals surface area contributed by atoms with Gasteiger partial charge in [-0.05, 0) is 32.9 Å². The number of aryl methyl sites for hydroxylation is 1. The van der Waals surface area contributed by atoms with Crippen molar-refractivity contribution in [2.75, 3.05) is 32.5 Å². The molecule has 6 heteroatoms. The van der Waals surface area contributed by atoms with Crippen molar-refractivity contribution in [2.45, 2.75) is 39.2 Å². The fraction of sp³-hybridized carbons (Fsp3) is 0.714.